The van der Waals surface area contributed by atoms with Crippen LogP contribution >= 0.6 is 23.7 Å². The molecule has 0 aliphatic rings. The highest BCUT2D eigenvalue weighted by Gasteiger charge is 2.25. The summed E-state index contributed by atoms with van der Waals surface area (Å²) in [7, 11) is 3.44. The molecule has 48 heavy (non-hydrogen) atoms. The fourth-order valence-corrected chi connectivity index (χ4v) is 6.95. The van der Waals surface area contributed by atoms with Crippen LogP contribution in [0.25, 0.3) is 26.3 Å². The Balaban J connectivity index is 0.00000451. The molecular weight excluding hydrogens is 651 g/mol. The Morgan fingerprint density at radius 2 is 1.52 bits per heavy atom. The lowest BCUT2D eigenvalue weighted by atomic mass is 10.1. The van der Waals surface area contributed by atoms with Gasteiger partial charge in [-0.2, -0.15) is 0 Å². The Labute approximate surface area is 287 Å². The summed E-state index contributed by atoms with van der Waals surface area (Å²) in [6, 6.07) is 32.5. The summed E-state index contributed by atoms with van der Waals surface area (Å²) in [5.41, 5.74) is 3.07. The van der Waals surface area contributed by atoms with E-state index in [0.717, 1.165) is 21.6 Å². The molecule has 0 radical (unpaired) electrons. The molecule has 6 aromatic rings. The molecule has 0 saturated carbocycles. The number of hydrogen-bond donors (Lipinski definition) is 1. The van der Waals surface area contributed by atoms with Crippen molar-refractivity contribution in [2.45, 2.75) is 19.6 Å². The Kier molecular flexibility index (Phi) is 11.0. The van der Waals surface area contributed by atoms with E-state index in [9.17, 15) is 18.8 Å². The number of thiophene rings is 1. The van der Waals surface area contributed by atoms with E-state index in [1.165, 1.54) is 33.6 Å². The minimum Gasteiger partial charge on any atom is -0.375 e. The second-order valence-electron chi connectivity index (χ2n) is 11.2. The lowest BCUT2D eigenvalue weighted by Gasteiger charge is -2.18. The first-order chi connectivity index (χ1) is 22.8. The number of fused-ring (bicyclic) bond motifs is 1. The van der Waals surface area contributed by atoms with Crippen LogP contribution in [-0.4, -0.2) is 40.7 Å². The number of nitrogens with one attached hydrogen (secondary N) is 1. The van der Waals surface area contributed by atoms with Crippen molar-refractivity contribution in [2.75, 3.05) is 26.1 Å². The summed E-state index contributed by atoms with van der Waals surface area (Å²) in [5, 5.41) is 3.21. The minimum atomic E-state index is -0.551. The third kappa shape index (κ3) is 7.32. The van der Waals surface area contributed by atoms with Crippen molar-refractivity contribution in [3.63, 3.8) is 0 Å². The number of aromatic nitrogens is 2. The van der Waals surface area contributed by atoms with E-state index in [0.29, 0.717) is 40.2 Å². The van der Waals surface area contributed by atoms with Gasteiger partial charge in [0.2, 0.25) is 5.91 Å². The van der Waals surface area contributed by atoms with E-state index < -0.39 is 17.1 Å². The molecule has 2 aromatic heterocycles. The van der Waals surface area contributed by atoms with Crippen molar-refractivity contribution in [1.29, 1.82) is 0 Å². The Bertz CT molecular complexity index is 2150. The van der Waals surface area contributed by atoms with Gasteiger partial charge in [0, 0.05) is 36.3 Å². The number of rotatable bonds is 11. The third-order valence-corrected chi connectivity index (χ3v) is 9.11. The van der Waals surface area contributed by atoms with E-state index in [1.54, 1.807) is 54.6 Å². The molecular formula is C37H34ClFN4O4S. The molecule has 0 unspecified atom stereocenters. The lowest BCUT2D eigenvalue weighted by Crippen LogP contribution is -2.39. The van der Waals surface area contributed by atoms with Gasteiger partial charge in [-0.3, -0.25) is 19.1 Å². The lowest BCUT2D eigenvalue weighted by molar-refractivity contribution is -0.119. The number of nitrogens with zero attached hydrogens (tertiary/aromatic N) is 3. The first kappa shape index (κ1) is 34.5. The smallest absolute Gasteiger partial charge is 0.337 e. The number of para-hydroxylation sites is 1. The van der Waals surface area contributed by atoms with Crippen molar-refractivity contribution in [3.8, 4) is 16.1 Å². The summed E-state index contributed by atoms with van der Waals surface area (Å²) in [6.07, 6.45) is 0. The van der Waals surface area contributed by atoms with E-state index in [4.69, 9.17) is 4.74 Å². The zero-order valence-corrected chi connectivity index (χ0v) is 28.0. The Morgan fingerprint density at radius 1 is 0.875 bits per heavy atom. The van der Waals surface area contributed by atoms with E-state index in [-0.39, 0.29) is 31.5 Å². The van der Waals surface area contributed by atoms with Gasteiger partial charge in [-0.15, -0.1) is 23.7 Å². The normalized spacial score (nSPS) is 11.1. The fourth-order valence-electron chi connectivity index (χ4n) is 5.65. The predicted octanol–water partition coefficient (Wildman–Crippen LogP) is 6.71. The number of hydrogen-bond acceptors (Lipinski definition) is 6. The topological polar surface area (TPSA) is 85.6 Å². The fraction of sp³-hybridized carbons (Fsp3) is 0.162. The average molecular weight is 685 g/mol. The van der Waals surface area contributed by atoms with E-state index in [2.05, 4.69) is 10.2 Å². The van der Waals surface area contributed by atoms with Crippen LogP contribution in [0, 0.1) is 5.82 Å². The maximum absolute atomic E-state index is 15.0. The molecule has 246 valence electrons. The van der Waals surface area contributed by atoms with Crippen LogP contribution in [0.5, 0.6) is 0 Å². The van der Waals surface area contributed by atoms with Gasteiger partial charge >= 0.3 is 5.69 Å². The zero-order chi connectivity index (χ0) is 32.9. The highest BCUT2D eigenvalue weighted by atomic mass is 35.5. The maximum atomic E-state index is 15.0. The Hall–Kier alpha value is -4.87. The van der Waals surface area contributed by atoms with Crippen molar-refractivity contribution >= 4 is 45.6 Å². The molecule has 6 rings (SSSR count). The van der Waals surface area contributed by atoms with Crippen LogP contribution < -0.4 is 16.6 Å². The number of benzene rings is 4. The molecule has 11 heteroatoms. The second-order valence-corrected chi connectivity index (χ2v) is 12.2. The van der Waals surface area contributed by atoms with Crippen LogP contribution in [0.1, 0.15) is 16.7 Å². The number of halogens is 2. The number of carbonyl (C=O) groups excluding carboxylic acids is 1. The quantitative estimate of drug-likeness (QED) is 0.164. The first-order valence-corrected chi connectivity index (χ1v) is 15.9. The van der Waals surface area contributed by atoms with Crippen LogP contribution in [0.4, 0.5) is 10.1 Å². The SMILES string of the molecule is COCC(=O)Nc1ccc(-c2sc3c(c2CN(C)Cc2ccccc2)c(=O)n(-c2ccccc2)c(=O)n3Cc2ccccc2F)cc1.Cl. The molecule has 2 heterocycles. The summed E-state index contributed by atoms with van der Waals surface area (Å²) in [5.74, 6) is -0.709. The van der Waals surface area contributed by atoms with Gasteiger partial charge in [0.1, 0.15) is 17.3 Å². The zero-order valence-electron chi connectivity index (χ0n) is 26.4. The van der Waals surface area contributed by atoms with Crippen LogP contribution in [-0.2, 0) is 29.2 Å². The highest BCUT2D eigenvalue weighted by molar-refractivity contribution is 7.22. The van der Waals surface area contributed by atoms with Gasteiger partial charge in [-0.05, 0) is 54.1 Å². The highest BCUT2D eigenvalue weighted by Crippen LogP contribution is 2.38. The van der Waals surface area contributed by atoms with Crippen molar-refractivity contribution < 1.29 is 13.9 Å². The van der Waals surface area contributed by atoms with Gasteiger partial charge in [0.05, 0.1) is 17.6 Å². The van der Waals surface area contributed by atoms with Gasteiger partial charge in [0.25, 0.3) is 5.56 Å². The first-order valence-electron chi connectivity index (χ1n) is 15.1. The molecule has 0 bridgehead atoms. The van der Waals surface area contributed by atoms with Gasteiger partial charge in [-0.25, -0.2) is 13.8 Å². The van der Waals surface area contributed by atoms with E-state index in [1.807, 2.05) is 55.6 Å². The van der Waals surface area contributed by atoms with Crippen molar-refractivity contribution in [3.05, 3.63) is 153 Å². The van der Waals surface area contributed by atoms with Crippen LogP contribution in [0.3, 0.4) is 0 Å². The molecule has 0 fully saturated rings. The third-order valence-electron chi connectivity index (χ3n) is 7.80. The molecule has 0 aliphatic carbocycles. The number of anilines is 1. The average Bonchev–Trinajstić information content (AvgIpc) is 3.44. The van der Waals surface area contributed by atoms with Gasteiger partial charge < -0.3 is 10.1 Å². The standard InChI is InChI=1S/C37H33FN4O4S.ClH/c1-40(21-25-11-5-3-6-12-25)23-30-33-35(44)42(29-14-7-4-8-15-29)37(45)41(22-27-13-9-10-16-31(27)38)36(33)47-34(30)26-17-19-28(20-18-26)39-32(43)24-46-2;/h3-20H,21-24H2,1-2H3,(H,39,43);1H. The molecule has 0 spiro atoms. The van der Waals surface area contributed by atoms with Crippen LogP contribution in [0.2, 0.25) is 0 Å². The summed E-state index contributed by atoms with van der Waals surface area (Å²) >= 11 is 1.33. The van der Waals surface area contributed by atoms with Crippen molar-refractivity contribution in [2.24, 2.45) is 0 Å². The summed E-state index contributed by atoms with van der Waals surface area (Å²) < 4.78 is 22.6. The molecule has 8 nitrogen and oxygen atoms in total. The summed E-state index contributed by atoms with van der Waals surface area (Å²) in [4.78, 5) is 44.2. The minimum absolute atomic E-state index is 0. The molecule has 4 aromatic carbocycles. The second kappa shape index (κ2) is 15.4. The number of ether oxygens (including phenoxy) is 1. The largest absolute Gasteiger partial charge is 0.375 e. The van der Waals surface area contributed by atoms with Gasteiger partial charge in [-0.1, -0.05) is 78.9 Å². The summed E-state index contributed by atoms with van der Waals surface area (Å²) in [6.45, 7) is 0.907. The molecule has 1 N–H and O–H groups in total. The number of amides is 1. The van der Waals surface area contributed by atoms with Crippen LogP contribution in [0.15, 0.2) is 119 Å². The molecule has 1 amide bonds. The maximum Gasteiger partial charge on any atom is 0.337 e. The van der Waals surface area contributed by atoms with Gasteiger partial charge in [0.15, 0.2) is 0 Å². The number of methoxy groups -OCH3 is 1. The molecule has 0 saturated heterocycles. The molecule has 0 atom stereocenters. The Morgan fingerprint density at radius 3 is 2.19 bits per heavy atom. The molecule has 0 aliphatic heterocycles. The monoisotopic (exact) mass is 684 g/mol. The van der Waals surface area contributed by atoms with Crippen molar-refractivity contribution in [1.82, 2.24) is 14.0 Å². The number of carbonyl (C=O) groups is 1. The predicted molar refractivity (Wildman–Crippen MR) is 192 cm³/mol. The van der Waals surface area contributed by atoms with E-state index >= 15 is 0 Å².